The Hall–Kier alpha value is -2.60. The van der Waals surface area contributed by atoms with Gasteiger partial charge in [-0.3, -0.25) is 9.36 Å². The van der Waals surface area contributed by atoms with Crippen LogP contribution in [0.25, 0.3) is 5.69 Å². The molecule has 2 aromatic carbocycles. The number of carbonyl (C=O) groups excluding carboxylic acids is 1. The number of rotatable bonds is 6. The van der Waals surface area contributed by atoms with Crippen molar-refractivity contribution in [3.05, 3.63) is 66.0 Å². The Balaban J connectivity index is 1.78. The Labute approximate surface area is 164 Å². The number of aryl methyl sites for hydroxylation is 2. The van der Waals surface area contributed by atoms with E-state index in [2.05, 4.69) is 29.3 Å². The third kappa shape index (κ3) is 4.39. The van der Waals surface area contributed by atoms with Gasteiger partial charge in [-0.05, 0) is 52.0 Å². The van der Waals surface area contributed by atoms with Crippen molar-refractivity contribution in [3.63, 3.8) is 0 Å². The van der Waals surface area contributed by atoms with E-state index in [0.717, 1.165) is 22.4 Å². The highest BCUT2D eigenvalue weighted by Crippen LogP contribution is 2.24. The lowest BCUT2D eigenvalue weighted by atomic mass is 10.2. The van der Waals surface area contributed by atoms with E-state index in [-0.39, 0.29) is 11.9 Å². The number of nitrogens with zero attached hydrogens (tertiary/aromatic N) is 4. The maximum Gasteiger partial charge on any atom is 0.237 e. The summed E-state index contributed by atoms with van der Waals surface area (Å²) >= 11 is 1.41. The standard InChI is InChI=1S/C21H24N4OS/c1-15(2)24(18-8-6-5-7-9-18)20(26)14-27-21-23-22-17(4)25(21)19-12-10-16(3)11-13-19/h5-13,15H,14H2,1-4H3. The molecule has 0 unspecified atom stereocenters. The Morgan fingerprint density at radius 3 is 2.33 bits per heavy atom. The van der Waals surface area contributed by atoms with Gasteiger partial charge in [-0.25, -0.2) is 0 Å². The zero-order valence-corrected chi connectivity index (χ0v) is 16.9. The van der Waals surface area contributed by atoms with Gasteiger partial charge in [-0.2, -0.15) is 0 Å². The van der Waals surface area contributed by atoms with Gasteiger partial charge in [0.2, 0.25) is 5.91 Å². The van der Waals surface area contributed by atoms with Crippen LogP contribution in [0.1, 0.15) is 25.2 Å². The monoisotopic (exact) mass is 380 g/mol. The van der Waals surface area contributed by atoms with E-state index >= 15 is 0 Å². The summed E-state index contributed by atoms with van der Waals surface area (Å²) in [7, 11) is 0. The topological polar surface area (TPSA) is 51.0 Å². The first kappa shape index (κ1) is 19.2. The van der Waals surface area contributed by atoms with Crippen LogP contribution in [-0.4, -0.2) is 32.5 Å². The smallest absolute Gasteiger partial charge is 0.237 e. The van der Waals surface area contributed by atoms with E-state index in [1.807, 2.05) is 72.7 Å². The molecule has 0 saturated carbocycles. The van der Waals surface area contributed by atoms with Crippen molar-refractivity contribution >= 4 is 23.4 Å². The summed E-state index contributed by atoms with van der Waals surface area (Å²) in [6.07, 6.45) is 0. The van der Waals surface area contributed by atoms with Gasteiger partial charge in [-0.15, -0.1) is 10.2 Å². The van der Waals surface area contributed by atoms with Crippen LogP contribution in [-0.2, 0) is 4.79 Å². The average Bonchev–Trinajstić information content (AvgIpc) is 3.02. The second-order valence-electron chi connectivity index (χ2n) is 6.68. The van der Waals surface area contributed by atoms with Crippen LogP contribution in [0.15, 0.2) is 59.8 Å². The fourth-order valence-corrected chi connectivity index (χ4v) is 3.80. The third-order valence-electron chi connectivity index (χ3n) is 4.23. The molecule has 6 heteroatoms. The molecule has 0 saturated heterocycles. The Kier molecular flexibility index (Phi) is 5.96. The summed E-state index contributed by atoms with van der Waals surface area (Å²) in [5, 5.41) is 9.19. The molecule has 0 spiro atoms. The average molecular weight is 381 g/mol. The van der Waals surface area contributed by atoms with Crippen molar-refractivity contribution in [1.82, 2.24) is 14.8 Å². The van der Waals surface area contributed by atoms with Crippen LogP contribution in [0.5, 0.6) is 0 Å². The van der Waals surface area contributed by atoms with Crippen molar-refractivity contribution in [2.24, 2.45) is 0 Å². The Morgan fingerprint density at radius 1 is 1.04 bits per heavy atom. The number of anilines is 1. The molecule has 0 aliphatic heterocycles. The predicted molar refractivity (Wildman–Crippen MR) is 111 cm³/mol. The number of para-hydroxylation sites is 1. The van der Waals surface area contributed by atoms with Crippen molar-refractivity contribution < 1.29 is 4.79 Å². The van der Waals surface area contributed by atoms with Gasteiger partial charge < -0.3 is 4.90 Å². The second kappa shape index (κ2) is 8.39. The highest BCUT2D eigenvalue weighted by molar-refractivity contribution is 7.99. The minimum atomic E-state index is 0.0531. The van der Waals surface area contributed by atoms with Crippen LogP contribution in [0.3, 0.4) is 0 Å². The maximum atomic E-state index is 12.9. The largest absolute Gasteiger partial charge is 0.309 e. The minimum Gasteiger partial charge on any atom is -0.309 e. The number of thioether (sulfide) groups is 1. The first-order valence-corrected chi connectivity index (χ1v) is 9.95. The molecule has 1 amide bonds. The second-order valence-corrected chi connectivity index (χ2v) is 7.62. The zero-order chi connectivity index (χ0) is 19.4. The van der Waals surface area contributed by atoms with Gasteiger partial charge in [-0.1, -0.05) is 47.7 Å². The molecule has 1 aromatic heterocycles. The maximum absolute atomic E-state index is 12.9. The number of hydrogen-bond donors (Lipinski definition) is 0. The van der Waals surface area contributed by atoms with Gasteiger partial charge in [0.25, 0.3) is 0 Å². The lowest BCUT2D eigenvalue weighted by Gasteiger charge is -2.26. The van der Waals surface area contributed by atoms with E-state index in [1.165, 1.54) is 17.3 Å². The van der Waals surface area contributed by atoms with Gasteiger partial charge in [0, 0.05) is 17.4 Å². The number of aromatic nitrogens is 3. The van der Waals surface area contributed by atoms with Gasteiger partial charge in [0.15, 0.2) is 5.16 Å². The van der Waals surface area contributed by atoms with E-state index < -0.39 is 0 Å². The van der Waals surface area contributed by atoms with E-state index in [1.54, 1.807) is 0 Å². The number of benzene rings is 2. The van der Waals surface area contributed by atoms with Gasteiger partial charge in [0.1, 0.15) is 5.82 Å². The molecule has 140 valence electrons. The van der Waals surface area contributed by atoms with Crippen LogP contribution in [0.2, 0.25) is 0 Å². The molecule has 0 aliphatic carbocycles. The van der Waals surface area contributed by atoms with Crippen LogP contribution in [0.4, 0.5) is 5.69 Å². The van der Waals surface area contributed by atoms with Crippen LogP contribution < -0.4 is 4.90 Å². The van der Waals surface area contributed by atoms with E-state index in [0.29, 0.717) is 5.75 Å². The van der Waals surface area contributed by atoms with Crippen LogP contribution >= 0.6 is 11.8 Å². The first-order valence-electron chi connectivity index (χ1n) is 8.96. The van der Waals surface area contributed by atoms with Crippen LogP contribution in [0, 0.1) is 13.8 Å². The van der Waals surface area contributed by atoms with Crippen molar-refractivity contribution in [2.75, 3.05) is 10.7 Å². The SMILES string of the molecule is Cc1ccc(-n2c(C)nnc2SCC(=O)N(c2ccccc2)C(C)C)cc1. The predicted octanol–water partition coefficient (Wildman–Crippen LogP) is 4.42. The summed E-state index contributed by atoms with van der Waals surface area (Å²) in [6, 6.07) is 18.1. The Bertz CT molecular complexity index is 904. The summed E-state index contributed by atoms with van der Waals surface area (Å²) in [4.78, 5) is 14.7. The van der Waals surface area contributed by atoms with Gasteiger partial charge in [0.05, 0.1) is 5.75 Å². The highest BCUT2D eigenvalue weighted by atomic mass is 32.2. The molecule has 3 rings (SSSR count). The highest BCUT2D eigenvalue weighted by Gasteiger charge is 2.20. The molecular weight excluding hydrogens is 356 g/mol. The number of amides is 1. The molecular formula is C21H24N4OS. The minimum absolute atomic E-state index is 0.0531. The Morgan fingerprint density at radius 2 is 1.70 bits per heavy atom. The molecule has 0 atom stereocenters. The van der Waals surface area contributed by atoms with E-state index in [9.17, 15) is 4.79 Å². The molecule has 0 N–H and O–H groups in total. The molecule has 3 aromatic rings. The van der Waals surface area contributed by atoms with Crippen molar-refractivity contribution in [2.45, 2.75) is 38.9 Å². The molecule has 0 aliphatic rings. The normalized spacial score (nSPS) is 11.0. The fourth-order valence-electron chi connectivity index (χ4n) is 2.94. The fraction of sp³-hybridized carbons (Fsp3) is 0.286. The number of carbonyl (C=O) groups is 1. The summed E-state index contributed by atoms with van der Waals surface area (Å²) in [5.74, 6) is 1.16. The molecule has 5 nitrogen and oxygen atoms in total. The lowest BCUT2D eigenvalue weighted by molar-refractivity contribution is -0.116. The molecule has 0 fully saturated rings. The van der Waals surface area contributed by atoms with Crippen molar-refractivity contribution in [3.8, 4) is 5.69 Å². The molecule has 0 radical (unpaired) electrons. The van der Waals surface area contributed by atoms with Crippen molar-refractivity contribution in [1.29, 1.82) is 0 Å². The van der Waals surface area contributed by atoms with E-state index in [4.69, 9.17) is 0 Å². The summed E-state index contributed by atoms with van der Waals surface area (Å²) in [6.45, 7) is 8.02. The zero-order valence-electron chi connectivity index (χ0n) is 16.1. The molecule has 27 heavy (non-hydrogen) atoms. The third-order valence-corrected chi connectivity index (χ3v) is 5.15. The van der Waals surface area contributed by atoms with Gasteiger partial charge >= 0.3 is 0 Å². The summed E-state index contributed by atoms with van der Waals surface area (Å²) < 4.78 is 1.99. The summed E-state index contributed by atoms with van der Waals surface area (Å²) in [5.41, 5.74) is 3.11. The number of hydrogen-bond acceptors (Lipinski definition) is 4. The molecule has 1 heterocycles. The lowest BCUT2D eigenvalue weighted by Crippen LogP contribution is -2.38. The quantitative estimate of drug-likeness (QED) is 0.594. The first-order chi connectivity index (χ1) is 13.0. The molecule has 0 bridgehead atoms.